The largest absolute Gasteiger partial charge is 0.383 e. The minimum atomic E-state index is -3.67. The van der Waals surface area contributed by atoms with Crippen LogP contribution in [-0.2, 0) is 19.5 Å². The lowest BCUT2D eigenvalue weighted by molar-refractivity contribution is 0.00844. The fraction of sp³-hybridized carbons (Fsp3) is 0.611. The van der Waals surface area contributed by atoms with Gasteiger partial charge in [0.15, 0.2) is 0 Å². The van der Waals surface area contributed by atoms with Crippen molar-refractivity contribution in [2.75, 3.05) is 46.5 Å². The quantitative estimate of drug-likeness (QED) is 0.530. The van der Waals surface area contributed by atoms with E-state index in [0.29, 0.717) is 31.8 Å². The van der Waals surface area contributed by atoms with Crippen LogP contribution in [0.25, 0.3) is 0 Å². The standard InChI is InChI=1S/C18H29N3O5S.ClH/c1-25-13-9-20-27(23,24)17-5-2-4-15(14-17)18(22)21-10-6-16(7-11-21)26-12-3-8-19;/h2,4-5,14,16,20H,3,6-13,19H2,1H3;1H. The molecule has 0 radical (unpaired) electrons. The molecule has 1 heterocycles. The number of sulfonamides is 1. The number of carbonyl (C=O) groups excluding carboxylic acids is 1. The molecule has 1 aromatic rings. The first-order valence-corrected chi connectivity index (χ1v) is 10.7. The first-order valence-electron chi connectivity index (χ1n) is 9.17. The lowest BCUT2D eigenvalue weighted by Crippen LogP contribution is -2.41. The first kappa shape index (κ1) is 24.8. The summed E-state index contributed by atoms with van der Waals surface area (Å²) in [5.41, 5.74) is 5.83. The third-order valence-electron chi connectivity index (χ3n) is 4.42. The van der Waals surface area contributed by atoms with Crippen molar-refractivity contribution in [3.8, 4) is 0 Å². The fourth-order valence-corrected chi connectivity index (χ4v) is 3.96. The SMILES string of the molecule is COCCNS(=O)(=O)c1cccc(C(=O)N2CCC(OCCCN)CC2)c1.Cl. The van der Waals surface area contributed by atoms with E-state index >= 15 is 0 Å². The van der Waals surface area contributed by atoms with Crippen LogP contribution in [0.5, 0.6) is 0 Å². The lowest BCUT2D eigenvalue weighted by Gasteiger charge is -2.32. The van der Waals surface area contributed by atoms with Crippen molar-refractivity contribution in [1.29, 1.82) is 0 Å². The maximum absolute atomic E-state index is 12.7. The highest BCUT2D eigenvalue weighted by Gasteiger charge is 2.25. The van der Waals surface area contributed by atoms with Gasteiger partial charge < -0.3 is 20.1 Å². The van der Waals surface area contributed by atoms with E-state index in [2.05, 4.69) is 4.72 Å². The van der Waals surface area contributed by atoms with Gasteiger partial charge in [0.25, 0.3) is 5.91 Å². The number of nitrogens with zero attached hydrogens (tertiary/aromatic N) is 1. The van der Waals surface area contributed by atoms with Gasteiger partial charge in [-0.2, -0.15) is 0 Å². The normalized spacial score (nSPS) is 15.3. The highest BCUT2D eigenvalue weighted by molar-refractivity contribution is 7.89. The summed E-state index contributed by atoms with van der Waals surface area (Å²) in [7, 11) is -2.17. The zero-order valence-electron chi connectivity index (χ0n) is 16.1. The molecule has 0 atom stereocenters. The van der Waals surface area contributed by atoms with Gasteiger partial charge in [0.2, 0.25) is 10.0 Å². The Morgan fingerprint density at radius 3 is 2.64 bits per heavy atom. The van der Waals surface area contributed by atoms with Crippen molar-refractivity contribution in [3.05, 3.63) is 29.8 Å². The summed E-state index contributed by atoms with van der Waals surface area (Å²) in [6.07, 6.45) is 2.52. The average molecular weight is 436 g/mol. The van der Waals surface area contributed by atoms with E-state index in [1.807, 2.05) is 0 Å². The Morgan fingerprint density at radius 2 is 2.00 bits per heavy atom. The van der Waals surface area contributed by atoms with Crippen molar-refractivity contribution < 1.29 is 22.7 Å². The molecule has 1 aromatic carbocycles. The molecule has 160 valence electrons. The van der Waals surface area contributed by atoms with Gasteiger partial charge in [0, 0.05) is 38.9 Å². The van der Waals surface area contributed by atoms with Crippen LogP contribution in [0.2, 0.25) is 0 Å². The second-order valence-corrected chi connectivity index (χ2v) is 8.19. The number of nitrogens with one attached hydrogen (secondary N) is 1. The molecule has 0 saturated carbocycles. The Bertz CT molecular complexity index is 709. The number of ether oxygens (including phenoxy) is 2. The smallest absolute Gasteiger partial charge is 0.253 e. The Labute approximate surface area is 173 Å². The van der Waals surface area contributed by atoms with E-state index in [9.17, 15) is 13.2 Å². The van der Waals surface area contributed by atoms with Gasteiger partial charge in [0.1, 0.15) is 0 Å². The molecule has 3 N–H and O–H groups in total. The molecule has 1 fully saturated rings. The van der Waals surface area contributed by atoms with E-state index in [4.69, 9.17) is 15.2 Å². The van der Waals surface area contributed by atoms with Crippen LogP contribution < -0.4 is 10.5 Å². The molecular weight excluding hydrogens is 406 g/mol. The number of hydrogen-bond acceptors (Lipinski definition) is 6. The second kappa shape index (κ2) is 12.4. The highest BCUT2D eigenvalue weighted by Crippen LogP contribution is 2.18. The van der Waals surface area contributed by atoms with Crippen molar-refractivity contribution in [3.63, 3.8) is 0 Å². The van der Waals surface area contributed by atoms with E-state index < -0.39 is 10.0 Å². The number of benzene rings is 1. The highest BCUT2D eigenvalue weighted by atomic mass is 35.5. The zero-order valence-corrected chi connectivity index (χ0v) is 17.8. The van der Waals surface area contributed by atoms with Crippen molar-refractivity contribution in [1.82, 2.24) is 9.62 Å². The van der Waals surface area contributed by atoms with Gasteiger partial charge in [-0.15, -0.1) is 12.4 Å². The molecule has 28 heavy (non-hydrogen) atoms. The third-order valence-corrected chi connectivity index (χ3v) is 5.88. The van der Waals surface area contributed by atoms with E-state index in [1.54, 1.807) is 17.0 Å². The van der Waals surface area contributed by atoms with Crippen LogP contribution in [0, 0.1) is 0 Å². The predicted octanol–water partition coefficient (Wildman–Crippen LogP) is 1.00. The summed E-state index contributed by atoms with van der Waals surface area (Å²) in [6.45, 7) is 2.89. The number of halogens is 1. The lowest BCUT2D eigenvalue weighted by atomic mass is 10.1. The Morgan fingerprint density at radius 1 is 1.29 bits per heavy atom. The number of nitrogens with two attached hydrogens (primary N) is 1. The van der Waals surface area contributed by atoms with Crippen molar-refractivity contribution in [2.24, 2.45) is 5.73 Å². The van der Waals surface area contributed by atoms with Crippen LogP contribution in [0.4, 0.5) is 0 Å². The Kier molecular flexibility index (Phi) is 10.9. The molecule has 0 bridgehead atoms. The van der Waals surface area contributed by atoms with Crippen LogP contribution in [0.15, 0.2) is 29.2 Å². The molecule has 0 spiro atoms. The molecule has 2 rings (SSSR count). The number of hydrogen-bond donors (Lipinski definition) is 2. The summed E-state index contributed by atoms with van der Waals surface area (Å²) in [5.74, 6) is -0.163. The van der Waals surface area contributed by atoms with Gasteiger partial charge in [-0.25, -0.2) is 13.1 Å². The van der Waals surface area contributed by atoms with E-state index in [1.165, 1.54) is 19.2 Å². The molecule has 8 nitrogen and oxygen atoms in total. The summed E-state index contributed by atoms with van der Waals surface area (Å²) in [5, 5.41) is 0. The van der Waals surface area contributed by atoms with Gasteiger partial charge in [-0.3, -0.25) is 4.79 Å². The summed E-state index contributed by atoms with van der Waals surface area (Å²) in [4.78, 5) is 14.6. The minimum absolute atomic E-state index is 0. The number of amides is 1. The molecule has 1 aliphatic heterocycles. The van der Waals surface area contributed by atoms with Crippen molar-refractivity contribution >= 4 is 28.3 Å². The number of methoxy groups -OCH3 is 1. The summed E-state index contributed by atoms with van der Waals surface area (Å²) >= 11 is 0. The van der Waals surface area contributed by atoms with Crippen LogP contribution in [0.1, 0.15) is 29.6 Å². The maximum atomic E-state index is 12.7. The first-order chi connectivity index (χ1) is 13.0. The van der Waals surface area contributed by atoms with Gasteiger partial charge in [-0.1, -0.05) is 6.07 Å². The Balaban J connectivity index is 0.00000392. The molecular formula is C18H30ClN3O5S. The molecule has 1 amide bonds. The number of carbonyl (C=O) groups is 1. The third kappa shape index (κ3) is 7.31. The summed E-state index contributed by atoms with van der Waals surface area (Å²) in [6, 6.07) is 6.12. The van der Waals surface area contributed by atoms with Crippen LogP contribution in [-0.4, -0.2) is 71.8 Å². The molecule has 1 saturated heterocycles. The number of piperidine rings is 1. The molecule has 0 aliphatic carbocycles. The molecule has 0 unspecified atom stereocenters. The topological polar surface area (TPSA) is 111 Å². The molecule has 1 aliphatic rings. The molecule has 0 aromatic heterocycles. The van der Waals surface area contributed by atoms with Crippen LogP contribution >= 0.6 is 12.4 Å². The Hall–Kier alpha value is -1.23. The van der Waals surface area contributed by atoms with Gasteiger partial charge in [-0.05, 0) is 44.0 Å². The zero-order chi connectivity index (χ0) is 19.7. The van der Waals surface area contributed by atoms with E-state index in [0.717, 1.165) is 19.3 Å². The molecule has 10 heteroatoms. The van der Waals surface area contributed by atoms with Crippen molar-refractivity contribution in [2.45, 2.75) is 30.3 Å². The summed E-state index contributed by atoms with van der Waals surface area (Å²) < 4.78 is 37.7. The fourth-order valence-electron chi connectivity index (χ4n) is 2.90. The monoisotopic (exact) mass is 435 g/mol. The number of rotatable bonds is 10. The predicted molar refractivity (Wildman–Crippen MR) is 109 cm³/mol. The minimum Gasteiger partial charge on any atom is -0.383 e. The average Bonchev–Trinajstić information content (AvgIpc) is 2.68. The van der Waals surface area contributed by atoms with E-state index in [-0.39, 0.29) is 42.5 Å². The van der Waals surface area contributed by atoms with Crippen LogP contribution in [0.3, 0.4) is 0 Å². The number of likely N-dealkylation sites (tertiary alicyclic amines) is 1. The van der Waals surface area contributed by atoms with Gasteiger partial charge in [0.05, 0.1) is 17.6 Å². The van der Waals surface area contributed by atoms with Gasteiger partial charge >= 0.3 is 0 Å². The second-order valence-electron chi connectivity index (χ2n) is 6.42. The maximum Gasteiger partial charge on any atom is 0.253 e.